The summed E-state index contributed by atoms with van der Waals surface area (Å²) in [7, 11) is 2.85. The van der Waals surface area contributed by atoms with Crippen molar-refractivity contribution in [3.05, 3.63) is 60.2 Å². The van der Waals surface area contributed by atoms with Gasteiger partial charge < -0.3 is 19.7 Å². The molecule has 29 heavy (non-hydrogen) atoms. The van der Waals surface area contributed by atoms with Gasteiger partial charge in [0.2, 0.25) is 11.8 Å². The highest BCUT2D eigenvalue weighted by atomic mass is 16.5. The molecule has 0 aliphatic carbocycles. The maximum atomic E-state index is 12.9. The van der Waals surface area contributed by atoms with Gasteiger partial charge in [0.25, 0.3) is 0 Å². The molecule has 0 radical (unpaired) electrons. The lowest BCUT2D eigenvalue weighted by atomic mass is 10.0. The van der Waals surface area contributed by atoms with Crippen LogP contribution in [0.1, 0.15) is 24.4 Å². The summed E-state index contributed by atoms with van der Waals surface area (Å²) in [6, 6.07) is 15.9. The second-order valence-electron chi connectivity index (χ2n) is 6.83. The molecule has 0 aromatic heterocycles. The number of anilines is 1. The summed E-state index contributed by atoms with van der Waals surface area (Å²) in [5.74, 6) is -0.768. The molecule has 7 heteroatoms. The lowest BCUT2D eigenvalue weighted by Gasteiger charge is -2.21. The Hall–Kier alpha value is -3.35. The zero-order chi connectivity index (χ0) is 20.8. The molecule has 1 fully saturated rings. The zero-order valence-corrected chi connectivity index (χ0v) is 16.5. The van der Waals surface area contributed by atoms with Crippen LogP contribution in [0, 0.1) is 5.92 Å². The number of amides is 2. The Balaban J connectivity index is 1.74. The number of nitrogens with one attached hydrogen (secondary N) is 1. The van der Waals surface area contributed by atoms with Gasteiger partial charge in [0.05, 0.1) is 38.3 Å². The molecule has 0 bridgehead atoms. The van der Waals surface area contributed by atoms with Gasteiger partial charge in [0, 0.05) is 13.0 Å². The normalized spacial score (nSPS) is 17.0. The molecule has 2 aromatic rings. The van der Waals surface area contributed by atoms with Gasteiger partial charge in [0.15, 0.2) is 0 Å². The number of hydrogen-bond donors (Lipinski definition) is 1. The molecule has 1 aliphatic rings. The van der Waals surface area contributed by atoms with Crippen LogP contribution in [-0.4, -0.2) is 38.5 Å². The summed E-state index contributed by atoms with van der Waals surface area (Å²) in [6.07, 6.45) is 0.118. The summed E-state index contributed by atoms with van der Waals surface area (Å²) in [6.45, 7) is 0.255. The van der Waals surface area contributed by atoms with Gasteiger partial charge in [-0.2, -0.15) is 0 Å². The van der Waals surface area contributed by atoms with Crippen molar-refractivity contribution in [3.63, 3.8) is 0 Å². The zero-order valence-electron chi connectivity index (χ0n) is 16.5. The molecule has 2 aromatic carbocycles. The number of carbonyl (C=O) groups excluding carboxylic acids is 3. The van der Waals surface area contributed by atoms with Crippen molar-refractivity contribution >= 4 is 23.5 Å². The fourth-order valence-electron chi connectivity index (χ4n) is 3.45. The van der Waals surface area contributed by atoms with E-state index in [1.165, 1.54) is 7.11 Å². The fraction of sp³-hybridized carbons (Fsp3) is 0.318. The molecule has 7 nitrogen and oxygen atoms in total. The number of ether oxygens (including phenoxy) is 2. The number of benzene rings is 2. The highest BCUT2D eigenvalue weighted by Crippen LogP contribution is 2.33. The van der Waals surface area contributed by atoms with Crippen molar-refractivity contribution in [2.45, 2.75) is 18.9 Å². The van der Waals surface area contributed by atoms with Crippen LogP contribution >= 0.6 is 0 Å². The highest BCUT2D eigenvalue weighted by molar-refractivity contribution is 6.01. The molecule has 2 unspecified atom stereocenters. The van der Waals surface area contributed by atoms with Gasteiger partial charge in [0.1, 0.15) is 5.75 Å². The third kappa shape index (κ3) is 4.74. The minimum Gasteiger partial charge on any atom is -0.495 e. The molecule has 2 atom stereocenters. The first-order chi connectivity index (χ1) is 14.0. The first-order valence-electron chi connectivity index (χ1n) is 9.39. The average Bonchev–Trinajstić information content (AvgIpc) is 3.15. The Morgan fingerprint density at radius 3 is 2.48 bits per heavy atom. The van der Waals surface area contributed by atoms with Crippen LogP contribution in [0.3, 0.4) is 0 Å². The van der Waals surface area contributed by atoms with E-state index in [9.17, 15) is 14.4 Å². The Morgan fingerprint density at radius 1 is 1.10 bits per heavy atom. The van der Waals surface area contributed by atoms with E-state index in [2.05, 4.69) is 5.32 Å². The SMILES string of the molecule is COC(=O)CC(NC(=O)C1CC(=O)N(c2ccccc2OC)C1)c1ccccc1. The maximum Gasteiger partial charge on any atom is 0.307 e. The first kappa shape index (κ1) is 20.4. The summed E-state index contributed by atoms with van der Waals surface area (Å²) < 4.78 is 10.1. The van der Waals surface area contributed by atoms with Crippen molar-refractivity contribution in [1.29, 1.82) is 0 Å². The van der Waals surface area contributed by atoms with Crippen molar-refractivity contribution in [3.8, 4) is 5.75 Å². The van der Waals surface area contributed by atoms with Crippen molar-refractivity contribution in [2.75, 3.05) is 25.7 Å². The molecule has 1 heterocycles. The number of carbonyl (C=O) groups is 3. The molecule has 1 aliphatic heterocycles. The average molecular weight is 396 g/mol. The summed E-state index contributed by atoms with van der Waals surface area (Å²) >= 11 is 0. The summed E-state index contributed by atoms with van der Waals surface area (Å²) in [4.78, 5) is 38.8. The van der Waals surface area contributed by atoms with E-state index in [0.29, 0.717) is 11.4 Å². The lowest BCUT2D eigenvalue weighted by molar-refractivity contribution is -0.141. The van der Waals surface area contributed by atoms with Gasteiger partial charge in [-0.25, -0.2) is 0 Å². The Labute approximate surface area is 169 Å². The third-order valence-electron chi connectivity index (χ3n) is 4.99. The van der Waals surface area contributed by atoms with E-state index in [-0.39, 0.29) is 31.2 Å². The van der Waals surface area contributed by atoms with E-state index >= 15 is 0 Å². The second-order valence-corrected chi connectivity index (χ2v) is 6.83. The summed E-state index contributed by atoms with van der Waals surface area (Å²) in [5.41, 5.74) is 1.45. The van der Waals surface area contributed by atoms with Crippen LogP contribution in [0.25, 0.3) is 0 Å². The second kappa shape index (κ2) is 9.23. The fourth-order valence-corrected chi connectivity index (χ4v) is 3.45. The molecule has 152 valence electrons. The highest BCUT2D eigenvalue weighted by Gasteiger charge is 2.37. The predicted octanol–water partition coefficient (Wildman–Crippen LogP) is 2.47. The molecular weight excluding hydrogens is 372 g/mol. The predicted molar refractivity (Wildman–Crippen MR) is 107 cm³/mol. The van der Waals surface area contributed by atoms with E-state index in [1.807, 2.05) is 42.5 Å². The van der Waals surface area contributed by atoms with Crippen LogP contribution in [0.5, 0.6) is 5.75 Å². The van der Waals surface area contributed by atoms with Crippen LogP contribution in [0.15, 0.2) is 54.6 Å². The van der Waals surface area contributed by atoms with Crippen LogP contribution in [-0.2, 0) is 19.1 Å². The number of nitrogens with zero attached hydrogens (tertiary/aromatic N) is 1. The van der Waals surface area contributed by atoms with Crippen molar-refractivity contribution < 1.29 is 23.9 Å². The summed E-state index contributed by atoms with van der Waals surface area (Å²) in [5, 5.41) is 2.91. The Morgan fingerprint density at radius 2 is 1.79 bits per heavy atom. The molecule has 0 saturated carbocycles. The smallest absolute Gasteiger partial charge is 0.307 e. The first-order valence-corrected chi connectivity index (χ1v) is 9.39. The van der Waals surface area contributed by atoms with Gasteiger partial charge in [-0.15, -0.1) is 0 Å². The molecule has 2 amide bonds. The largest absolute Gasteiger partial charge is 0.495 e. The van der Waals surface area contributed by atoms with E-state index in [1.54, 1.807) is 24.1 Å². The van der Waals surface area contributed by atoms with Crippen molar-refractivity contribution in [2.24, 2.45) is 5.92 Å². The maximum absolute atomic E-state index is 12.9. The topological polar surface area (TPSA) is 84.9 Å². The van der Waals surface area contributed by atoms with Crippen LogP contribution in [0.2, 0.25) is 0 Å². The number of methoxy groups -OCH3 is 2. The van der Waals surface area contributed by atoms with Gasteiger partial charge >= 0.3 is 5.97 Å². The minimum atomic E-state index is -0.522. The number of para-hydroxylation sites is 2. The van der Waals surface area contributed by atoms with E-state index in [4.69, 9.17) is 9.47 Å². The van der Waals surface area contributed by atoms with Crippen LogP contribution in [0.4, 0.5) is 5.69 Å². The van der Waals surface area contributed by atoms with Gasteiger partial charge in [-0.3, -0.25) is 14.4 Å². The van der Waals surface area contributed by atoms with Gasteiger partial charge in [-0.1, -0.05) is 42.5 Å². The third-order valence-corrected chi connectivity index (χ3v) is 4.99. The van der Waals surface area contributed by atoms with Crippen molar-refractivity contribution in [1.82, 2.24) is 5.32 Å². The number of esters is 1. The molecule has 3 rings (SSSR count). The minimum absolute atomic E-state index is 0.0170. The van der Waals surface area contributed by atoms with E-state index in [0.717, 1.165) is 5.56 Å². The quantitative estimate of drug-likeness (QED) is 0.727. The molecule has 0 spiro atoms. The van der Waals surface area contributed by atoms with E-state index < -0.39 is 17.9 Å². The standard InChI is InChI=1S/C22H24N2O5/c1-28-19-11-7-6-10-18(19)24-14-16(12-20(24)25)22(27)23-17(13-21(26)29-2)15-8-4-3-5-9-15/h3-11,16-17H,12-14H2,1-2H3,(H,23,27). The van der Waals surface area contributed by atoms with Crippen LogP contribution < -0.4 is 15.0 Å². The molecular formula is C22H24N2O5. The monoisotopic (exact) mass is 396 g/mol. The van der Waals surface area contributed by atoms with Gasteiger partial charge in [-0.05, 0) is 17.7 Å². The Kier molecular flexibility index (Phi) is 6.49. The number of hydrogen-bond acceptors (Lipinski definition) is 5. The molecule has 1 saturated heterocycles. The lowest BCUT2D eigenvalue weighted by Crippen LogP contribution is -2.36. The molecule has 1 N–H and O–H groups in total. The number of rotatable bonds is 7. The Bertz CT molecular complexity index is 884.